The fourth-order valence-corrected chi connectivity index (χ4v) is 5.62. The highest BCUT2D eigenvalue weighted by Gasteiger charge is 2.32. The number of alkyl halides is 3. The summed E-state index contributed by atoms with van der Waals surface area (Å²) in [6.45, 7) is 4.07. The molecule has 2 amide bonds. The lowest BCUT2D eigenvalue weighted by atomic mass is 9.95. The Labute approximate surface area is 233 Å². The normalized spacial score (nSPS) is 16.7. The number of thiazole rings is 1. The molecule has 1 aromatic heterocycles. The molecule has 1 saturated heterocycles. The Bertz CT molecular complexity index is 1430. The second kappa shape index (κ2) is 11.5. The smallest absolute Gasteiger partial charge is 0.380 e. The van der Waals surface area contributed by atoms with Crippen LogP contribution >= 0.6 is 11.3 Å². The lowest BCUT2D eigenvalue weighted by molar-refractivity contribution is -0.149. The summed E-state index contributed by atoms with van der Waals surface area (Å²) in [5, 5.41) is 3.73. The molecule has 3 aromatic rings. The molecule has 210 valence electrons. The van der Waals surface area contributed by atoms with Gasteiger partial charge >= 0.3 is 6.18 Å². The summed E-state index contributed by atoms with van der Waals surface area (Å²) in [7, 11) is 0. The summed E-state index contributed by atoms with van der Waals surface area (Å²) >= 11 is 1.30. The van der Waals surface area contributed by atoms with E-state index < -0.39 is 11.7 Å². The largest absolute Gasteiger partial charge is 0.416 e. The fraction of sp³-hybridized carbons (Fsp3) is 0.345. The van der Waals surface area contributed by atoms with Gasteiger partial charge in [-0.3, -0.25) is 9.59 Å². The predicted octanol–water partition coefficient (Wildman–Crippen LogP) is 5.04. The molecule has 3 N–H and O–H groups in total. The van der Waals surface area contributed by atoms with Gasteiger partial charge in [0.15, 0.2) is 0 Å². The number of amides is 2. The second-order valence-electron chi connectivity index (χ2n) is 9.92. The molecule has 0 saturated carbocycles. The molecule has 3 heterocycles. The van der Waals surface area contributed by atoms with Crippen molar-refractivity contribution in [3.05, 3.63) is 81.3 Å². The summed E-state index contributed by atoms with van der Waals surface area (Å²) in [5.74, 6) is -0.174. The molecule has 2 aromatic carbocycles. The number of carbonyl (C=O) groups is 2. The van der Waals surface area contributed by atoms with Crippen molar-refractivity contribution in [3.63, 3.8) is 0 Å². The van der Waals surface area contributed by atoms with Gasteiger partial charge in [-0.05, 0) is 53.3 Å². The van der Waals surface area contributed by atoms with Crippen molar-refractivity contribution in [1.29, 1.82) is 0 Å². The zero-order valence-electron chi connectivity index (χ0n) is 21.8. The molecule has 11 heteroatoms. The number of hydrogen-bond acceptors (Lipinski definition) is 6. The first-order chi connectivity index (χ1) is 19.1. The highest BCUT2D eigenvalue weighted by Crippen LogP contribution is 2.34. The van der Waals surface area contributed by atoms with E-state index in [4.69, 9.17) is 10.5 Å². The molecule has 7 nitrogen and oxygen atoms in total. The van der Waals surface area contributed by atoms with E-state index in [0.717, 1.165) is 28.3 Å². The molecule has 0 spiro atoms. The maximum absolute atomic E-state index is 13.2. The van der Waals surface area contributed by atoms with Crippen LogP contribution in [0, 0.1) is 5.92 Å². The van der Waals surface area contributed by atoms with E-state index in [1.807, 2.05) is 17.9 Å². The monoisotopic (exact) mass is 570 g/mol. The number of benzene rings is 2. The molecule has 5 rings (SSSR count). The Hall–Kier alpha value is -3.54. The molecular formula is C29H29F3N4O3S. The van der Waals surface area contributed by atoms with Crippen LogP contribution in [-0.4, -0.2) is 48.0 Å². The Balaban J connectivity index is 1.22. The summed E-state index contributed by atoms with van der Waals surface area (Å²) in [4.78, 5) is 32.1. The first-order valence-corrected chi connectivity index (χ1v) is 13.8. The Morgan fingerprint density at radius 2 is 1.95 bits per heavy atom. The van der Waals surface area contributed by atoms with Crippen molar-refractivity contribution in [3.8, 4) is 11.1 Å². The second-order valence-corrected chi connectivity index (χ2v) is 10.9. The SMILES string of the molecule is C[C@@H](NC(=O)c1cnc(C2=CCN(C(=O)C3COC3)CC2)s1)c1ccc(-c2cc(C(F)(F)F)ccc2CN)cc1. The summed E-state index contributed by atoms with van der Waals surface area (Å²) < 4.78 is 44.9. The number of hydrogen-bond donors (Lipinski definition) is 2. The Kier molecular flexibility index (Phi) is 8.07. The minimum atomic E-state index is -4.45. The van der Waals surface area contributed by atoms with E-state index in [1.165, 1.54) is 17.4 Å². The number of nitrogens with two attached hydrogens (primary N) is 1. The van der Waals surface area contributed by atoms with Crippen LogP contribution in [-0.2, 0) is 22.3 Å². The average Bonchev–Trinajstić information content (AvgIpc) is 3.42. The van der Waals surface area contributed by atoms with Crippen molar-refractivity contribution in [2.75, 3.05) is 26.3 Å². The lowest BCUT2D eigenvalue weighted by Crippen LogP contribution is -2.46. The number of ether oxygens (including phenoxy) is 1. The molecule has 1 atom stereocenters. The van der Waals surface area contributed by atoms with Crippen molar-refractivity contribution in [2.24, 2.45) is 11.7 Å². The van der Waals surface area contributed by atoms with Crippen LogP contribution < -0.4 is 11.1 Å². The number of nitrogens with zero attached hydrogens (tertiary/aromatic N) is 2. The lowest BCUT2D eigenvalue weighted by Gasteiger charge is -2.33. The van der Waals surface area contributed by atoms with Gasteiger partial charge in [0.05, 0.1) is 36.9 Å². The fourth-order valence-electron chi connectivity index (χ4n) is 4.73. The van der Waals surface area contributed by atoms with E-state index in [1.54, 1.807) is 30.5 Å². The number of rotatable bonds is 7. The van der Waals surface area contributed by atoms with E-state index in [-0.39, 0.29) is 30.3 Å². The first-order valence-electron chi connectivity index (χ1n) is 13.0. The van der Waals surface area contributed by atoms with Gasteiger partial charge in [0.25, 0.3) is 5.91 Å². The van der Waals surface area contributed by atoms with Crippen LogP contribution in [0.3, 0.4) is 0 Å². The Morgan fingerprint density at radius 1 is 1.20 bits per heavy atom. The predicted molar refractivity (Wildman–Crippen MR) is 146 cm³/mol. The highest BCUT2D eigenvalue weighted by atomic mass is 32.1. The molecule has 0 bridgehead atoms. The summed E-state index contributed by atoms with van der Waals surface area (Å²) in [6, 6.07) is 10.3. The quantitative estimate of drug-likeness (QED) is 0.415. The van der Waals surface area contributed by atoms with Crippen LogP contribution in [0.1, 0.15) is 50.8 Å². The van der Waals surface area contributed by atoms with E-state index in [0.29, 0.717) is 54.3 Å². The highest BCUT2D eigenvalue weighted by molar-refractivity contribution is 7.14. The van der Waals surface area contributed by atoms with Gasteiger partial charge in [-0.25, -0.2) is 4.98 Å². The van der Waals surface area contributed by atoms with Crippen molar-refractivity contribution in [1.82, 2.24) is 15.2 Å². The van der Waals surface area contributed by atoms with Crippen LogP contribution in [0.15, 0.2) is 54.7 Å². The topological polar surface area (TPSA) is 97.5 Å². The summed E-state index contributed by atoms with van der Waals surface area (Å²) in [5.41, 5.74) is 8.52. The number of nitrogens with one attached hydrogen (secondary N) is 1. The molecule has 0 unspecified atom stereocenters. The van der Waals surface area contributed by atoms with Crippen molar-refractivity contribution >= 4 is 28.7 Å². The van der Waals surface area contributed by atoms with E-state index >= 15 is 0 Å². The number of aromatic nitrogens is 1. The first kappa shape index (κ1) is 28.0. The minimum absolute atomic E-state index is 0.0349. The zero-order chi connectivity index (χ0) is 28.4. The van der Waals surface area contributed by atoms with Gasteiger partial charge in [-0.1, -0.05) is 36.4 Å². The summed E-state index contributed by atoms with van der Waals surface area (Å²) in [6.07, 6.45) is -0.229. The third kappa shape index (κ3) is 5.96. The van der Waals surface area contributed by atoms with Gasteiger partial charge in [-0.15, -0.1) is 11.3 Å². The van der Waals surface area contributed by atoms with Crippen LogP contribution in [0.25, 0.3) is 16.7 Å². The van der Waals surface area contributed by atoms with Crippen LogP contribution in [0.5, 0.6) is 0 Å². The molecule has 0 radical (unpaired) electrons. The van der Waals surface area contributed by atoms with Crippen molar-refractivity contribution < 1.29 is 27.5 Å². The van der Waals surface area contributed by atoms with Gasteiger partial charge < -0.3 is 20.7 Å². The van der Waals surface area contributed by atoms with E-state index in [9.17, 15) is 22.8 Å². The maximum Gasteiger partial charge on any atom is 0.416 e. The van der Waals surface area contributed by atoms with Crippen LogP contribution in [0.4, 0.5) is 13.2 Å². The average molecular weight is 571 g/mol. The molecule has 0 aliphatic carbocycles. The van der Waals surface area contributed by atoms with E-state index in [2.05, 4.69) is 10.3 Å². The minimum Gasteiger partial charge on any atom is -0.380 e. The van der Waals surface area contributed by atoms with Crippen LogP contribution in [0.2, 0.25) is 0 Å². The molecule has 40 heavy (non-hydrogen) atoms. The number of carbonyl (C=O) groups excluding carboxylic acids is 2. The zero-order valence-corrected chi connectivity index (χ0v) is 22.6. The molecule has 2 aliphatic heterocycles. The van der Waals surface area contributed by atoms with Gasteiger partial charge in [0, 0.05) is 19.6 Å². The molecule has 1 fully saturated rings. The van der Waals surface area contributed by atoms with Gasteiger partial charge in [-0.2, -0.15) is 13.2 Å². The number of halogens is 3. The van der Waals surface area contributed by atoms with Crippen molar-refractivity contribution in [2.45, 2.75) is 32.1 Å². The van der Waals surface area contributed by atoms with Gasteiger partial charge in [0.2, 0.25) is 5.91 Å². The maximum atomic E-state index is 13.2. The third-order valence-corrected chi connectivity index (χ3v) is 8.31. The molecular weight excluding hydrogens is 541 g/mol. The van der Waals surface area contributed by atoms with Gasteiger partial charge in [0.1, 0.15) is 9.88 Å². The molecule has 2 aliphatic rings. The third-order valence-electron chi connectivity index (χ3n) is 7.24. The Morgan fingerprint density at radius 3 is 2.55 bits per heavy atom. The standard InChI is InChI=1S/C29H29F3N4O3S/c1-17(18-2-4-19(5-3-18)24-12-23(29(30,31)32)7-6-21(24)13-33)35-26(37)25-14-34-27(40-25)20-8-10-36(11-9-20)28(38)22-15-39-16-22/h2-8,12,14,17,22H,9-11,13,15-16,33H2,1H3,(H,35,37)/t17-/m1/s1.